The second-order valence-corrected chi connectivity index (χ2v) is 5.23. The van der Waals surface area contributed by atoms with Gasteiger partial charge in [-0.25, -0.2) is 0 Å². The molecule has 0 saturated carbocycles. The summed E-state index contributed by atoms with van der Waals surface area (Å²) in [7, 11) is 2.02. The van der Waals surface area contributed by atoms with Crippen molar-refractivity contribution in [3.63, 3.8) is 0 Å². The van der Waals surface area contributed by atoms with E-state index in [9.17, 15) is 0 Å². The van der Waals surface area contributed by atoms with Gasteiger partial charge in [0, 0.05) is 23.8 Å². The predicted octanol–water partition coefficient (Wildman–Crippen LogP) is 3.54. The zero-order valence-corrected chi connectivity index (χ0v) is 12.2. The lowest BCUT2D eigenvalue weighted by molar-refractivity contribution is 0.920. The highest BCUT2D eigenvalue weighted by Gasteiger charge is 2.07. The molecule has 0 fully saturated rings. The van der Waals surface area contributed by atoms with E-state index in [1.54, 1.807) is 0 Å². The number of nitrogen functional groups attached to an aromatic ring is 1. The van der Waals surface area contributed by atoms with Crippen LogP contribution in [0.1, 0.15) is 11.1 Å². The lowest BCUT2D eigenvalue weighted by Gasteiger charge is -2.21. The molecule has 2 aromatic carbocycles. The first-order valence-corrected chi connectivity index (χ1v) is 6.64. The summed E-state index contributed by atoms with van der Waals surface area (Å²) in [5.41, 5.74) is 9.33. The Hall–Kier alpha value is -1.99. The largest absolute Gasteiger partial charge is 0.399 e. The van der Waals surface area contributed by atoms with Gasteiger partial charge >= 0.3 is 0 Å². The van der Waals surface area contributed by atoms with Crippen molar-refractivity contribution in [2.24, 2.45) is 0 Å². The Kier molecular flexibility index (Phi) is 4.08. The molecule has 0 heterocycles. The average Bonchev–Trinajstić information content (AvgIpc) is 2.41. The summed E-state index contributed by atoms with van der Waals surface area (Å²) in [4.78, 5) is 2.12. The number of nitriles is 1. The first kappa shape index (κ1) is 13.4. The SMILES string of the molecule is CN(Cc1ccc(N)cc1)c1ccc(C#N)cc1Br. The first-order valence-electron chi connectivity index (χ1n) is 5.85. The highest BCUT2D eigenvalue weighted by Crippen LogP contribution is 2.27. The van der Waals surface area contributed by atoms with E-state index in [-0.39, 0.29) is 0 Å². The van der Waals surface area contributed by atoms with Crippen LogP contribution in [0.2, 0.25) is 0 Å². The topological polar surface area (TPSA) is 53.0 Å². The van der Waals surface area contributed by atoms with Gasteiger partial charge in [0.25, 0.3) is 0 Å². The number of anilines is 2. The lowest BCUT2D eigenvalue weighted by Crippen LogP contribution is -2.16. The van der Waals surface area contributed by atoms with Crippen molar-refractivity contribution in [2.75, 3.05) is 17.7 Å². The summed E-state index contributed by atoms with van der Waals surface area (Å²) in [6, 6.07) is 15.6. The second kappa shape index (κ2) is 5.77. The van der Waals surface area contributed by atoms with Gasteiger partial charge in [0.2, 0.25) is 0 Å². The second-order valence-electron chi connectivity index (χ2n) is 4.38. The fraction of sp³-hybridized carbons (Fsp3) is 0.133. The standard InChI is InChI=1S/C15H14BrN3/c1-19(10-11-2-5-13(18)6-3-11)15-7-4-12(9-17)8-14(15)16/h2-8H,10,18H2,1H3. The van der Waals surface area contributed by atoms with Crippen LogP contribution in [0.25, 0.3) is 0 Å². The Morgan fingerprint density at radius 2 is 1.89 bits per heavy atom. The van der Waals surface area contributed by atoms with Crippen molar-refractivity contribution in [1.29, 1.82) is 5.26 Å². The van der Waals surface area contributed by atoms with E-state index in [4.69, 9.17) is 11.0 Å². The normalized spacial score (nSPS) is 9.95. The number of hydrogen-bond acceptors (Lipinski definition) is 3. The number of nitrogens with zero attached hydrogens (tertiary/aromatic N) is 2. The van der Waals surface area contributed by atoms with Crippen molar-refractivity contribution >= 4 is 27.3 Å². The third-order valence-corrected chi connectivity index (χ3v) is 3.52. The first-order chi connectivity index (χ1) is 9.10. The molecule has 19 heavy (non-hydrogen) atoms. The quantitative estimate of drug-likeness (QED) is 0.881. The summed E-state index contributed by atoms with van der Waals surface area (Å²) >= 11 is 3.50. The van der Waals surface area contributed by atoms with Crippen molar-refractivity contribution < 1.29 is 0 Å². The van der Waals surface area contributed by atoms with Gasteiger partial charge in [0.15, 0.2) is 0 Å². The van der Waals surface area contributed by atoms with Gasteiger partial charge in [-0.05, 0) is 51.8 Å². The van der Waals surface area contributed by atoms with E-state index < -0.39 is 0 Å². The molecule has 96 valence electrons. The minimum Gasteiger partial charge on any atom is -0.399 e. The van der Waals surface area contributed by atoms with Gasteiger partial charge in [0.1, 0.15) is 0 Å². The number of nitrogens with two attached hydrogens (primary N) is 1. The summed E-state index contributed by atoms with van der Waals surface area (Å²) in [6.45, 7) is 0.783. The molecular formula is C15H14BrN3. The Balaban J connectivity index is 2.18. The molecule has 4 heteroatoms. The van der Waals surface area contributed by atoms with E-state index in [1.165, 1.54) is 5.56 Å². The molecule has 3 nitrogen and oxygen atoms in total. The van der Waals surface area contributed by atoms with Crippen LogP contribution < -0.4 is 10.6 Å². The maximum absolute atomic E-state index is 8.86. The fourth-order valence-electron chi connectivity index (χ4n) is 1.87. The average molecular weight is 316 g/mol. The Morgan fingerprint density at radius 3 is 2.47 bits per heavy atom. The smallest absolute Gasteiger partial charge is 0.0992 e. The summed E-state index contributed by atoms with van der Waals surface area (Å²) in [6.07, 6.45) is 0. The van der Waals surface area contributed by atoms with Gasteiger partial charge in [-0.2, -0.15) is 5.26 Å². The molecule has 0 spiro atoms. The highest BCUT2D eigenvalue weighted by molar-refractivity contribution is 9.10. The molecule has 0 aliphatic heterocycles. The zero-order chi connectivity index (χ0) is 13.8. The molecular weight excluding hydrogens is 302 g/mol. The molecule has 0 amide bonds. The molecule has 2 N–H and O–H groups in total. The Labute approximate surface area is 121 Å². The molecule has 0 unspecified atom stereocenters. The molecule has 0 bridgehead atoms. The van der Waals surface area contributed by atoms with Crippen LogP contribution in [-0.2, 0) is 6.54 Å². The van der Waals surface area contributed by atoms with Crippen molar-refractivity contribution in [3.8, 4) is 6.07 Å². The summed E-state index contributed by atoms with van der Waals surface area (Å²) in [5.74, 6) is 0. The van der Waals surface area contributed by atoms with Gasteiger partial charge in [-0.15, -0.1) is 0 Å². The molecule has 2 rings (SSSR count). The molecule has 0 radical (unpaired) electrons. The number of hydrogen-bond donors (Lipinski definition) is 1. The molecule has 2 aromatic rings. The Bertz CT molecular complexity index is 614. The van der Waals surface area contributed by atoms with Crippen LogP contribution in [0, 0.1) is 11.3 Å². The monoisotopic (exact) mass is 315 g/mol. The van der Waals surface area contributed by atoms with Gasteiger partial charge < -0.3 is 10.6 Å². The number of rotatable bonds is 3. The maximum Gasteiger partial charge on any atom is 0.0992 e. The lowest BCUT2D eigenvalue weighted by atomic mass is 10.1. The Morgan fingerprint density at radius 1 is 1.21 bits per heavy atom. The fourth-order valence-corrected chi connectivity index (χ4v) is 2.55. The van der Waals surface area contributed by atoms with Crippen LogP contribution in [0.5, 0.6) is 0 Å². The molecule has 0 atom stereocenters. The minimum atomic E-state index is 0.650. The van der Waals surface area contributed by atoms with E-state index in [0.29, 0.717) is 5.56 Å². The number of benzene rings is 2. The summed E-state index contributed by atoms with van der Waals surface area (Å²) < 4.78 is 0.921. The highest BCUT2D eigenvalue weighted by atomic mass is 79.9. The molecule has 0 aliphatic rings. The van der Waals surface area contributed by atoms with Gasteiger partial charge in [0.05, 0.1) is 17.3 Å². The van der Waals surface area contributed by atoms with Crippen LogP contribution >= 0.6 is 15.9 Å². The van der Waals surface area contributed by atoms with E-state index in [0.717, 1.165) is 22.4 Å². The maximum atomic E-state index is 8.86. The van der Waals surface area contributed by atoms with Crippen LogP contribution in [0.15, 0.2) is 46.9 Å². The van der Waals surface area contributed by atoms with Gasteiger partial charge in [-0.1, -0.05) is 12.1 Å². The van der Waals surface area contributed by atoms with E-state index >= 15 is 0 Å². The number of halogens is 1. The molecule has 0 aliphatic carbocycles. The van der Waals surface area contributed by atoms with E-state index in [2.05, 4.69) is 26.9 Å². The predicted molar refractivity (Wildman–Crippen MR) is 81.8 cm³/mol. The summed E-state index contributed by atoms with van der Waals surface area (Å²) in [5, 5.41) is 8.86. The van der Waals surface area contributed by atoms with Crippen LogP contribution in [0.4, 0.5) is 11.4 Å². The van der Waals surface area contributed by atoms with Crippen molar-refractivity contribution in [2.45, 2.75) is 6.54 Å². The van der Waals surface area contributed by atoms with Crippen LogP contribution in [-0.4, -0.2) is 7.05 Å². The van der Waals surface area contributed by atoms with E-state index in [1.807, 2.05) is 49.5 Å². The van der Waals surface area contributed by atoms with Gasteiger partial charge in [-0.3, -0.25) is 0 Å². The van der Waals surface area contributed by atoms with Crippen LogP contribution in [0.3, 0.4) is 0 Å². The molecule has 0 saturated heterocycles. The molecule has 0 aromatic heterocycles. The third-order valence-electron chi connectivity index (χ3n) is 2.89. The zero-order valence-electron chi connectivity index (χ0n) is 10.6. The van der Waals surface area contributed by atoms with Crippen molar-refractivity contribution in [1.82, 2.24) is 0 Å². The third kappa shape index (κ3) is 3.27. The van der Waals surface area contributed by atoms with Crippen molar-refractivity contribution in [3.05, 3.63) is 58.1 Å². The minimum absolute atomic E-state index is 0.650.